The van der Waals surface area contributed by atoms with Gasteiger partial charge in [0.1, 0.15) is 11.9 Å². The fraction of sp³-hybridized carbons (Fsp3) is 0.400. The summed E-state index contributed by atoms with van der Waals surface area (Å²) in [5, 5.41) is 15.8. The number of hydrogen-bond donors (Lipinski definition) is 3. The second-order valence-electron chi connectivity index (χ2n) is 8.62. The number of benzene rings is 2. The van der Waals surface area contributed by atoms with Crippen LogP contribution >= 0.6 is 0 Å². The maximum absolute atomic E-state index is 13.9. The molecule has 0 saturated carbocycles. The SMILES string of the molecule is CCc1ccc2c(c1)C(CCNC(=O)C1CC(O)CN1C(=O)Cc1ccccc1F)C(=O)N2. The van der Waals surface area contributed by atoms with Crippen LogP contribution in [0.15, 0.2) is 42.5 Å². The number of nitrogens with zero attached hydrogens (tertiary/aromatic N) is 1. The number of fused-ring (bicyclic) bond motifs is 1. The molecule has 1 fully saturated rings. The zero-order chi connectivity index (χ0) is 23.5. The lowest BCUT2D eigenvalue weighted by atomic mass is 9.95. The van der Waals surface area contributed by atoms with Gasteiger partial charge in [-0.2, -0.15) is 0 Å². The summed E-state index contributed by atoms with van der Waals surface area (Å²) in [5.74, 6) is -1.71. The molecular weight excluding hydrogens is 425 g/mol. The first kappa shape index (κ1) is 22.9. The first-order chi connectivity index (χ1) is 15.9. The number of likely N-dealkylation sites (tertiary alicyclic amines) is 1. The van der Waals surface area contributed by atoms with Gasteiger partial charge in [-0.25, -0.2) is 4.39 Å². The molecule has 0 aromatic heterocycles. The molecule has 2 aromatic carbocycles. The smallest absolute Gasteiger partial charge is 0.242 e. The van der Waals surface area contributed by atoms with Crippen LogP contribution in [0.2, 0.25) is 0 Å². The molecule has 3 atom stereocenters. The quantitative estimate of drug-likeness (QED) is 0.598. The van der Waals surface area contributed by atoms with Crippen LogP contribution in [0.4, 0.5) is 10.1 Å². The molecular formula is C25H28FN3O4. The van der Waals surface area contributed by atoms with Crippen molar-refractivity contribution in [2.75, 3.05) is 18.4 Å². The van der Waals surface area contributed by atoms with Crippen molar-refractivity contribution < 1.29 is 23.9 Å². The number of β-amino-alcohol motifs (C(OH)–C–C–N with tert-alkyl or cyclic N) is 1. The summed E-state index contributed by atoms with van der Waals surface area (Å²) < 4.78 is 13.9. The average Bonchev–Trinajstić information content (AvgIpc) is 3.34. The number of halogens is 1. The van der Waals surface area contributed by atoms with E-state index in [1.165, 1.54) is 17.0 Å². The summed E-state index contributed by atoms with van der Waals surface area (Å²) in [6.45, 7) is 2.34. The topological polar surface area (TPSA) is 98.7 Å². The van der Waals surface area contributed by atoms with Crippen molar-refractivity contribution in [2.45, 2.75) is 50.7 Å². The van der Waals surface area contributed by atoms with Gasteiger partial charge < -0.3 is 20.6 Å². The third kappa shape index (κ3) is 4.90. The highest BCUT2D eigenvalue weighted by Crippen LogP contribution is 2.35. The first-order valence-corrected chi connectivity index (χ1v) is 11.3. The fourth-order valence-electron chi connectivity index (χ4n) is 4.58. The van der Waals surface area contributed by atoms with Gasteiger partial charge in [0.15, 0.2) is 0 Å². The number of rotatable bonds is 7. The Morgan fingerprint density at radius 1 is 1.24 bits per heavy atom. The van der Waals surface area contributed by atoms with Crippen molar-refractivity contribution in [3.8, 4) is 0 Å². The van der Waals surface area contributed by atoms with Crippen molar-refractivity contribution in [2.24, 2.45) is 0 Å². The summed E-state index contributed by atoms with van der Waals surface area (Å²) in [6, 6.07) is 11.1. The Hall–Kier alpha value is -3.26. The number of carbonyl (C=O) groups excluding carboxylic acids is 3. The van der Waals surface area contributed by atoms with Gasteiger partial charge >= 0.3 is 0 Å². The number of aliphatic hydroxyl groups excluding tert-OH is 1. The largest absolute Gasteiger partial charge is 0.391 e. The number of carbonyl (C=O) groups is 3. The molecule has 2 aromatic rings. The molecule has 0 bridgehead atoms. The molecule has 3 unspecified atom stereocenters. The second kappa shape index (κ2) is 9.70. The minimum Gasteiger partial charge on any atom is -0.391 e. The van der Waals surface area contributed by atoms with Gasteiger partial charge in [-0.15, -0.1) is 0 Å². The summed E-state index contributed by atoms with van der Waals surface area (Å²) in [7, 11) is 0. The lowest BCUT2D eigenvalue weighted by molar-refractivity contribution is -0.138. The molecule has 3 N–H and O–H groups in total. The number of aryl methyl sites for hydroxylation is 1. The Labute approximate surface area is 192 Å². The zero-order valence-corrected chi connectivity index (χ0v) is 18.5. The lowest BCUT2D eigenvalue weighted by Crippen LogP contribution is -2.46. The Bertz CT molecular complexity index is 1070. The Balaban J connectivity index is 1.36. The number of amides is 3. The second-order valence-corrected chi connectivity index (χ2v) is 8.62. The molecule has 2 aliphatic heterocycles. The maximum Gasteiger partial charge on any atom is 0.242 e. The van der Waals surface area contributed by atoms with Crippen LogP contribution in [0.3, 0.4) is 0 Å². The normalized spacial score (nSPS) is 21.6. The monoisotopic (exact) mass is 453 g/mol. The van der Waals surface area contributed by atoms with Gasteiger partial charge in [-0.05, 0) is 41.7 Å². The van der Waals surface area contributed by atoms with Crippen LogP contribution in [-0.2, 0) is 27.2 Å². The van der Waals surface area contributed by atoms with E-state index in [-0.39, 0.29) is 49.2 Å². The summed E-state index contributed by atoms with van der Waals surface area (Å²) in [4.78, 5) is 39.3. The van der Waals surface area contributed by atoms with Gasteiger partial charge in [0, 0.05) is 25.2 Å². The van der Waals surface area contributed by atoms with E-state index < -0.39 is 23.9 Å². The molecule has 0 aliphatic carbocycles. The Morgan fingerprint density at radius 2 is 2.03 bits per heavy atom. The molecule has 7 nitrogen and oxygen atoms in total. The van der Waals surface area contributed by atoms with Crippen LogP contribution in [0.5, 0.6) is 0 Å². The van der Waals surface area contributed by atoms with Gasteiger partial charge in [-0.1, -0.05) is 37.3 Å². The highest BCUT2D eigenvalue weighted by molar-refractivity contribution is 6.03. The third-order valence-corrected chi connectivity index (χ3v) is 6.41. The van der Waals surface area contributed by atoms with E-state index >= 15 is 0 Å². The van der Waals surface area contributed by atoms with E-state index in [0.29, 0.717) is 6.42 Å². The van der Waals surface area contributed by atoms with Crippen LogP contribution < -0.4 is 10.6 Å². The summed E-state index contributed by atoms with van der Waals surface area (Å²) >= 11 is 0. The molecule has 4 rings (SSSR count). The van der Waals surface area contributed by atoms with E-state index in [9.17, 15) is 23.9 Å². The molecule has 8 heteroatoms. The number of nitrogens with one attached hydrogen (secondary N) is 2. The fourth-order valence-corrected chi connectivity index (χ4v) is 4.58. The molecule has 174 valence electrons. The predicted molar refractivity (Wildman–Crippen MR) is 121 cm³/mol. The number of anilines is 1. The van der Waals surface area contributed by atoms with Crippen molar-refractivity contribution in [1.82, 2.24) is 10.2 Å². The van der Waals surface area contributed by atoms with Crippen molar-refractivity contribution in [3.05, 3.63) is 65.0 Å². The number of hydrogen-bond acceptors (Lipinski definition) is 4. The van der Waals surface area contributed by atoms with E-state index in [1.54, 1.807) is 12.1 Å². The maximum atomic E-state index is 13.9. The predicted octanol–water partition coefficient (Wildman–Crippen LogP) is 2.13. The molecule has 0 radical (unpaired) electrons. The van der Waals surface area contributed by atoms with Crippen molar-refractivity contribution >= 4 is 23.4 Å². The molecule has 0 spiro atoms. The van der Waals surface area contributed by atoms with Gasteiger partial charge in [0.25, 0.3) is 0 Å². The molecule has 33 heavy (non-hydrogen) atoms. The minimum atomic E-state index is -0.823. The van der Waals surface area contributed by atoms with Gasteiger partial charge in [0.2, 0.25) is 17.7 Å². The van der Waals surface area contributed by atoms with Crippen molar-refractivity contribution in [1.29, 1.82) is 0 Å². The first-order valence-electron chi connectivity index (χ1n) is 11.3. The lowest BCUT2D eigenvalue weighted by Gasteiger charge is -2.24. The highest BCUT2D eigenvalue weighted by Gasteiger charge is 2.39. The van der Waals surface area contributed by atoms with Crippen LogP contribution in [0.1, 0.15) is 42.4 Å². The van der Waals surface area contributed by atoms with Crippen LogP contribution in [0.25, 0.3) is 0 Å². The third-order valence-electron chi connectivity index (χ3n) is 6.41. The van der Waals surface area contributed by atoms with E-state index in [4.69, 9.17) is 0 Å². The van der Waals surface area contributed by atoms with E-state index in [0.717, 1.165) is 23.2 Å². The van der Waals surface area contributed by atoms with Crippen LogP contribution in [-0.4, -0.2) is 53.0 Å². The summed E-state index contributed by atoms with van der Waals surface area (Å²) in [6.07, 6.45) is 0.427. The van der Waals surface area contributed by atoms with Gasteiger partial charge in [-0.3, -0.25) is 14.4 Å². The van der Waals surface area contributed by atoms with Crippen LogP contribution in [0, 0.1) is 5.82 Å². The average molecular weight is 454 g/mol. The van der Waals surface area contributed by atoms with Gasteiger partial charge in [0.05, 0.1) is 18.4 Å². The van der Waals surface area contributed by atoms with E-state index in [1.807, 2.05) is 18.2 Å². The minimum absolute atomic E-state index is 0.0313. The highest BCUT2D eigenvalue weighted by atomic mass is 19.1. The number of aliphatic hydroxyl groups is 1. The molecule has 2 heterocycles. The van der Waals surface area contributed by atoms with E-state index in [2.05, 4.69) is 17.6 Å². The molecule has 1 saturated heterocycles. The zero-order valence-electron chi connectivity index (χ0n) is 18.5. The van der Waals surface area contributed by atoms with Crippen molar-refractivity contribution in [3.63, 3.8) is 0 Å². The molecule has 2 aliphatic rings. The Morgan fingerprint density at radius 3 is 2.79 bits per heavy atom. The molecule has 3 amide bonds. The Kier molecular flexibility index (Phi) is 6.74. The summed E-state index contributed by atoms with van der Waals surface area (Å²) in [5.41, 5.74) is 3.13. The standard InChI is InChI=1S/C25H28FN3O4/c1-2-15-7-8-21-19(11-15)18(24(32)28-21)9-10-27-25(33)22-13-17(30)14-29(22)23(31)12-16-5-3-4-6-20(16)26/h3-8,11,17-18,22,30H,2,9-10,12-14H2,1H3,(H,27,33)(H,28,32).